The second-order valence-electron chi connectivity index (χ2n) is 3.57. The highest BCUT2D eigenvalue weighted by Gasteiger charge is 2.06. The standard InChI is InChI=1S/C11H12FN3O/c12-8-2-3-10-9(5-8)7(6-14-10)1-4-11(16)15-13/h2-3,5-6,14H,1,4,13H2,(H,15,16). The first-order valence-electron chi connectivity index (χ1n) is 4.95. The number of halogens is 1. The molecule has 1 aromatic heterocycles. The van der Waals surface area contributed by atoms with Gasteiger partial charge in [-0.05, 0) is 30.2 Å². The van der Waals surface area contributed by atoms with E-state index in [2.05, 4.69) is 10.4 Å². The summed E-state index contributed by atoms with van der Waals surface area (Å²) in [6.07, 6.45) is 2.61. The van der Waals surface area contributed by atoms with Crippen LogP contribution in [0.5, 0.6) is 0 Å². The first kappa shape index (κ1) is 10.6. The lowest BCUT2D eigenvalue weighted by atomic mass is 10.1. The van der Waals surface area contributed by atoms with E-state index in [1.54, 1.807) is 12.3 Å². The molecule has 0 aliphatic carbocycles. The summed E-state index contributed by atoms with van der Waals surface area (Å²) in [6, 6.07) is 4.54. The number of H-pyrrole nitrogens is 1. The number of fused-ring (bicyclic) bond motifs is 1. The Morgan fingerprint density at radius 2 is 2.31 bits per heavy atom. The van der Waals surface area contributed by atoms with E-state index in [9.17, 15) is 9.18 Å². The van der Waals surface area contributed by atoms with Gasteiger partial charge in [0.05, 0.1) is 0 Å². The van der Waals surface area contributed by atoms with Crippen molar-refractivity contribution in [2.75, 3.05) is 0 Å². The van der Waals surface area contributed by atoms with Crippen molar-refractivity contribution in [1.82, 2.24) is 10.4 Å². The number of rotatable bonds is 3. The topological polar surface area (TPSA) is 70.9 Å². The second kappa shape index (κ2) is 4.32. The summed E-state index contributed by atoms with van der Waals surface area (Å²) >= 11 is 0. The van der Waals surface area contributed by atoms with Crippen LogP contribution in [0.15, 0.2) is 24.4 Å². The molecular weight excluding hydrogens is 209 g/mol. The molecule has 2 rings (SSSR count). The third kappa shape index (κ3) is 2.04. The van der Waals surface area contributed by atoms with Crippen molar-refractivity contribution in [1.29, 1.82) is 0 Å². The van der Waals surface area contributed by atoms with Gasteiger partial charge in [0, 0.05) is 23.5 Å². The Morgan fingerprint density at radius 1 is 1.50 bits per heavy atom. The molecule has 0 atom stereocenters. The van der Waals surface area contributed by atoms with Gasteiger partial charge in [-0.25, -0.2) is 10.2 Å². The number of carbonyl (C=O) groups is 1. The Kier molecular flexibility index (Phi) is 2.87. The largest absolute Gasteiger partial charge is 0.361 e. The molecule has 2 aromatic rings. The average molecular weight is 221 g/mol. The highest BCUT2D eigenvalue weighted by molar-refractivity contribution is 5.84. The maximum atomic E-state index is 13.0. The third-order valence-corrected chi connectivity index (χ3v) is 2.51. The zero-order chi connectivity index (χ0) is 11.5. The number of carbonyl (C=O) groups excluding carboxylic acids is 1. The number of hydrogen-bond donors (Lipinski definition) is 3. The van der Waals surface area contributed by atoms with Crippen LogP contribution in [0.1, 0.15) is 12.0 Å². The summed E-state index contributed by atoms with van der Waals surface area (Å²) in [6.45, 7) is 0. The van der Waals surface area contributed by atoms with Gasteiger partial charge in [0.2, 0.25) is 5.91 Å². The maximum Gasteiger partial charge on any atom is 0.234 e. The number of hydrazine groups is 1. The summed E-state index contributed by atoms with van der Waals surface area (Å²) in [5, 5.41) is 0.810. The normalized spacial score (nSPS) is 10.6. The minimum atomic E-state index is -0.281. The van der Waals surface area contributed by atoms with Gasteiger partial charge in [0.25, 0.3) is 0 Å². The van der Waals surface area contributed by atoms with Crippen molar-refractivity contribution in [3.8, 4) is 0 Å². The van der Waals surface area contributed by atoms with Crippen LogP contribution in [0.3, 0.4) is 0 Å². The summed E-state index contributed by atoms with van der Waals surface area (Å²) in [5.74, 6) is 4.47. The molecule has 5 heteroatoms. The minimum Gasteiger partial charge on any atom is -0.361 e. The second-order valence-corrected chi connectivity index (χ2v) is 3.57. The molecule has 84 valence electrons. The quantitative estimate of drug-likeness (QED) is 0.414. The zero-order valence-corrected chi connectivity index (χ0v) is 8.59. The van der Waals surface area contributed by atoms with Crippen molar-refractivity contribution < 1.29 is 9.18 Å². The molecule has 0 aliphatic rings. The number of amides is 1. The van der Waals surface area contributed by atoms with E-state index in [4.69, 9.17) is 5.84 Å². The number of hydrogen-bond acceptors (Lipinski definition) is 2. The fraction of sp³-hybridized carbons (Fsp3) is 0.182. The zero-order valence-electron chi connectivity index (χ0n) is 8.59. The van der Waals surface area contributed by atoms with Crippen molar-refractivity contribution in [3.63, 3.8) is 0 Å². The molecule has 0 saturated carbocycles. The summed E-state index contributed by atoms with van der Waals surface area (Å²) < 4.78 is 13.0. The molecule has 1 aromatic carbocycles. The van der Waals surface area contributed by atoms with E-state index in [1.165, 1.54) is 12.1 Å². The molecule has 0 spiro atoms. The molecule has 0 aliphatic heterocycles. The highest BCUT2D eigenvalue weighted by Crippen LogP contribution is 2.20. The maximum absolute atomic E-state index is 13.0. The molecule has 0 unspecified atom stereocenters. The van der Waals surface area contributed by atoms with Crippen LogP contribution >= 0.6 is 0 Å². The lowest BCUT2D eigenvalue weighted by Gasteiger charge is -1.99. The molecular formula is C11H12FN3O. The SMILES string of the molecule is NNC(=O)CCc1c[nH]c2ccc(F)cc12. The first-order valence-corrected chi connectivity index (χ1v) is 4.95. The van der Waals surface area contributed by atoms with Crippen LogP contribution in [0.4, 0.5) is 4.39 Å². The third-order valence-electron chi connectivity index (χ3n) is 2.51. The Hall–Kier alpha value is -1.88. The predicted octanol–water partition coefficient (Wildman–Crippen LogP) is 1.23. The van der Waals surface area contributed by atoms with Gasteiger partial charge < -0.3 is 4.98 Å². The summed E-state index contributed by atoms with van der Waals surface area (Å²) in [4.78, 5) is 14.0. The number of aryl methyl sites for hydroxylation is 1. The number of benzene rings is 1. The van der Waals surface area contributed by atoms with Crippen LogP contribution in [-0.4, -0.2) is 10.9 Å². The molecule has 0 bridgehead atoms. The van der Waals surface area contributed by atoms with E-state index in [0.29, 0.717) is 12.8 Å². The molecule has 0 fully saturated rings. The van der Waals surface area contributed by atoms with Crippen LogP contribution in [-0.2, 0) is 11.2 Å². The van der Waals surface area contributed by atoms with Gasteiger partial charge in [-0.1, -0.05) is 0 Å². The van der Waals surface area contributed by atoms with Gasteiger partial charge in [-0.3, -0.25) is 10.2 Å². The molecule has 0 radical (unpaired) electrons. The number of aromatic nitrogens is 1. The smallest absolute Gasteiger partial charge is 0.234 e. The highest BCUT2D eigenvalue weighted by atomic mass is 19.1. The molecule has 1 heterocycles. The number of nitrogens with one attached hydrogen (secondary N) is 2. The van der Waals surface area contributed by atoms with Gasteiger partial charge in [-0.2, -0.15) is 0 Å². The van der Waals surface area contributed by atoms with E-state index in [-0.39, 0.29) is 11.7 Å². The van der Waals surface area contributed by atoms with E-state index in [1.807, 2.05) is 0 Å². The summed E-state index contributed by atoms with van der Waals surface area (Å²) in [5.41, 5.74) is 3.84. The van der Waals surface area contributed by atoms with E-state index >= 15 is 0 Å². The Morgan fingerprint density at radius 3 is 3.06 bits per heavy atom. The summed E-state index contributed by atoms with van der Waals surface area (Å²) in [7, 11) is 0. The van der Waals surface area contributed by atoms with Crippen LogP contribution in [0.25, 0.3) is 10.9 Å². The van der Waals surface area contributed by atoms with Gasteiger partial charge in [0.15, 0.2) is 0 Å². The van der Waals surface area contributed by atoms with Gasteiger partial charge >= 0.3 is 0 Å². The van der Waals surface area contributed by atoms with Crippen molar-refractivity contribution in [2.45, 2.75) is 12.8 Å². The monoisotopic (exact) mass is 221 g/mol. The van der Waals surface area contributed by atoms with Crippen LogP contribution < -0.4 is 11.3 Å². The van der Waals surface area contributed by atoms with Gasteiger partial charge in [-0.15, -0.1) is 0 Å². The number of aromatic amines is 1. The lowest BCUT2D eigenvalue weighted by Crippen LogP contribution is -2.30. The predicted molar refractivity (Wildman–Crippen MR) is 58.9 cm³/mol. The van der Waals surface area contributed by atoms with Crippen molar-refractivity contribution in [2.24, 2.45) is 5.84 Å². The van der Waals surface area contributed by atoms with Crippen LogP contribution in [0, 0.1) is 5.82 Å². The molecule has 1 amide bonds. The first-order chi connectivity index (χ1) is 7.70. The van der Waals surface area contributed by atoms with Crippen LogP contribution in [0.2, 0.25) is 0 Å². The van der Waals surface area contributed by atoms with E-state index < -0.39 is 0 Å². The fourth-order valence-electron chi connectivity index (χ4n) is 1.68. The Bertz CT molecular complexity index is 521. The Labute approximate surface area is 91.6 Å². The molecule has 4 nitrogen and oxygen atoms in total. The lowest BCUT2D eigenvalue weighted by molar-refractivity contribution is -0.121. The molecule has 4 N–H and O–H groups in total. The Balaban J connectivity index is 2.24. The van der Waals surface area contributed by atoms with Gasteiger partial charge in [0.1, 0.15) is 5.82 Å². The van der Waals surface area contributed by atoms with E-state index in [0.717, 1.165) is 16.5 Å². The minimum absolute atomic E-state index is 0.231. The fourth-order valence-corrected chi connectivity index (χ4v) is 1.68. The van der Waals surface area contributed by atoms with Crippen molar-refractivity contribution >= 4 is 16.8 Å². The molecule has 16 heavy (non-hydrogen) atoms. The molecule has 0 saturated heterocycles. The van der Waals surface area contributed by atoms with Crippen molar-refractivity contribution in [3.05, 3.63) is 35.8 Å². The number of nitrogens with two attached hydrogens (primary N) is 1. The average Bonchev–Trinajstić information content (AvgIpc) is 2.68.